The molecule has 0 radical (unpaired) electrons. The average Bonchev–Trinajstić information content (AvgIpc) is 2.58. The molecular formula is C18H31Cl2N3O. The topological polar surface area (TPSA) is 58.4 Å². The Morgan fingerprint density at radius 1 is 1.25 bits per heavy atom. The van der Waals surface area contributed by atoms with E-state index in [0.29, 0.717) is 6.54 Å². The van der Waals surface area contributed by atoms with Crippen LogP contribution in [0.1, 0.15) is 44.7 Å². The largest absolute Gasteiger partial charge is 0.353 e. The van der Waals surface area contributed by atoms with E-state index in [1.807, 2.05) is 6.92 Å². The van der Waals surface area contributed by atoms with Crippen LogP contribution in [0.3, 0.4) is 0 Å². The Bertz CT molecular complexity index is 521. The molecule has 1 atom stereocenters. The molecule has 4 nitrogen and oxygen atoms in total. The first-order chi connectivity index (χ1) is 10.5. The van der Waals surface area contributed by atoms with E-state index in [-0.39, 0.29) is 42.3 Å². The fraction of sp³-hybridized carbons (Fsp3) is 0.611. The van der Waals surface area contributed by atoms with Crippen LogP contribution >= 0.6 is 24.8 Å². The van der Waals surface area contributed by atoms with E-state index in [2.05, 4.69) is 48.3 Å². The Labute approximate surface area is 158 Å². The van der Waals surface area contributed by atoms with Gasteiger partial charge in [-0.1, -0.05) is 38.1 Å². The lowest BCUT2D eigenvalue weighted by Gasteiger charge is -2.34. The van der Waals surface area contributed by atoms with Crippen LogP contribution in [-0.4, -0.2) is 35.5 Å². The number of hydrogen-bond donors (Lipinski definition) is 2. The van der Waals surface area contributed by atoms with Crippen LogP contribution in [0.4, 0.5) is 0 Å². The zero-order chi connectivity index (χ0) is 16.2. The molecule has 1 aromatic carbocycles. The third-order valence-electron chi connectivity index (χ3n) is 5.11. The third-order valence-corrected chi connectivity index (χ3v) is 5.11. The SMILES string of the molecule is CCC(N)(CC)CNC(=O)C(C)N1CCc2ccccc2C1.Cl.Cl. The zero-order valence-corrected chi connectivity index (χ0v) is 16.5. The van der Waals surface area contributed by atoms with Crippen molar-refractivity contribution in [3.8, 4) is 0 Å². The fourth-order valence-corrected chi connectivity index (χ4v) is 2.92. The molecule has 6 heteroatoms. The lowest BCUT2D eigenvalue weighted by molar-refractivity contribution is -0.126. The van der Waals surface area contributed by atoms with E-state index in [9.17, 15) is 4.79 Å². The van der Waals surface area contributed by atoms with E-state index in [1.165, 1.54) is 11.1 Å². The number of halogens is 2. The molecule has 2 rings (SSSR count). The van der Waals surface area contributed by atoms with Crippen molar-refractivity contribution in [2.45, 2.75) is 58.2 Å². The van der Waals surface area contributed by atoms with Crippen molar-refractivity contribution < 1.29 is 4.79 Å². The maximum absolute atomic E-state index is 12.4. The van der Waals surface area contributed by atoms with E-state index < -0.39 is 0 Å². The van der Waals surface area contributed by atoms with Crippen molar-refractivity contribution in [2.24, 2.45) is 5.73 Å². The van der Waals surface area contributed by atoms with Gasteiger partial charge in [-0.2, -0.15) is 0 Å². The van der Waals surface area contributed by atoms with Gasteiger partial charge in [0.05, 0.1) is 6.04 Å². The van der Waals surface area contributed by atoms with Gasteiger partial charge in [-0.25, -0.2) is 0 Å². The van der Waals surface area contributed by atoms with Gasteiger partial charge in [0.1, 0.15) is 0 Å². The molecule has 0 saturated heterocycles. The summed E-state index contributed by atoms with van der Waals surface area (Å²) in [6, 6.07) is 8.37. The minimum absolute atomic E-state index is 0. The Balaban J connectivity index is 0.00000264. The summed E-state index contributed by atoms with van der Waals surface area (Å²) in [4.78, 5) is 14.7. The van der Waals surface area contributed by atoms with Gasteiger partial charge >= 0.3 is 0 Å². The number of carbonyl (C=O) groups excluding carboxylic acids is 1. The van der Waals surface area contributed by atoms with Gasteiger partial charge in [-0.3, -0.25) is 9.69 Å². The summed E-state index contributed by atoms with van der Waals surface area (Å²) < 4.78 is 0. The second-order valence-electron chi connectivity index (χ2n) is 6.45. The molecule has 1 aromatic rings. The number of benzene rings is 1. The molecule has 3 N–H and O–H groups in total. The Kier molecular flexibility index (Phi) is 9.90. The second-order valence-corrected chi connectivity index (χ2v) is 6.45. The smallest absolute Gasteiger partial charge is 0.237 e. The molecule has 1 amide bonds. The average molecular weight is 376 g/mol. The highest BCUT2D eigenvalue weighted by molar-refractivity contribution is 5.85. The van der Waals surface area contributed by atoms with Crippen LogP contribution < -0.4 is 11.1 Å². The third kappa shape index (κ3) is 5.62. The summed E-state index contributed by atoms with van der Waals surface area (Å²) in [6.45, 7) is 8.45. The van der Waals surface area contributed by atoms with Gasteiger partial charge in [0.2, 0.25) is 5.91 Å². The molecule has 1 aliphatic rings. The molecule has 1 heterocycles. The molecule has 24 heavy (non-hydrogen) atoms. The Hall–Kier alpha value is -0.810. The summed E-state index contributed by atoms with van der Waals surface area (Å²) in [6.07, 6.45) is 2.75. The molecule has 1 aliphatic heterocycles. The predicted octanol–water partition coefficient (Wildman–Crippen LogP) is 2.91. The normalized spacial score (nSPS) is 15.5. The zero-order valence-electron chi connectivity index (χ0n) is 14.9. The number of nitrogens with two attached hydrogens (primary N) is 1. The number of hydrogen-bond acceptors (Lipinski definition) is 3. The van der Waals surface area contributed by atoms with E-state index in [1.54, 1.807) is 0 Å². The lowest BCUT2D eigenvalue weighted by Crippen LogP contribution is -2.53. The van der Waals surface area contributed by atoms with Gasteiger partial charge in [0.25, 0.3) is 0 Å². The number of nitrogens with zero attached hydrogens (tertiary/aromatic N) is 1. The summed E-state index contributed by atoms with van der Waals surface area (Å²) >= 11 is 0. The van der Waals surface area contributed by atoms with Crippen molar-refractivity contribution in [3.05, 3.63) is 35.4 Å². The molecule has 0 aromatic heterocycles. The molecule has 1 unspecified atom stereocenters. The van der Waals surface area contributed by atoms with Crippen LogP contribution in [0.15, 0.2) is 24.3 Å². The predicted molar refractivity (Wildman–Crippen MR) is 105 cm³/mol. The monoisotopic (exact) mass is 375 g/mol. The van der Waals surface area contributed by atoms with E-state index in [4.69, 9.17) is 5.73 Å². The van der Waals surface area contributed by atoms with Gasteiger partial charge in [-0.15, -0.1) is 24.8 Å². The van der Waals surface area contributed by atoms with Crippen molar-refractivity contribution >= 4 is 30.7 Å². The van der Waals surface area contributed by atoms with Crippen LogP contribution in [-0.2, 0) is 17.8 Å². The van der Waals surface area contributed by atoms with Gasteiger partial charge in [0, 0.05) is 25.2 Å². The Morgan fingerprint density at radius 3 is 2.42 bits per heavy atom. The van der Waals surface area contributed by atoms with Gasteiger partial charge < -0.3 is 11.1 Å². The summed E-state index contributed by atoms with van der Waals surface area (Å²) in [7, 11) is 0. The summed E-state index contributed by atoms with van der Waals surface area (Å²) in [5.41, 5.74) is 8.71. The molecular weight excluding hydrogens is 345 g/mol. The quantitative estimate of drug-likeness (QED) is 0.803. The fourth-order valence-electron chi connectivity index (χ4n) is 2.92. The molecule has 0 bridgehead atoms. The first-order valence-electron chi connectivity index (χ1n) is 8.36. The van der Waals surface area contributed by atoms with Gasteiger partial charge in [0.15, 0.2) is 0 Å². The summed E-state index contributed by atoms with van der Waals surface area (Å²) in [5.74, 6) is 0.0797. The first kappa shape index (κ1) is 23.2. The van der Waals surface area contributed by atoms with Crippen LogP contribution in [0.5, 0.6) is 0 Å². The van der Waals surface area contributed by atoms with Crippen LogP contribution in [0.2, 0.25) is 0 Å². The van der Waals surface area contributed by atoms with Crippen molar-refractivity contribution in [2.75, 3.05) is 13.1 Å². The van der Waals surface area contributed by atoms with E-state index in [0.717, 1.165) is 32.4 Å². The minimum atomic E-state index is -0.288. The van der Waals surface area contributed by atoms with Crippen molar-refractivity contribution in [1.29, 1.82) is 0 Å². The highest BCUT2D eigenvalue weighted by atomic mass is 35.5. The van der Waals surface area contributed by atoms with Crippen molar-refractivity contribution in [1.82, 2.24) is 10.2 Å². The maximum atomic E-state index is 12.4. The standard InChI is InChI=1S/C18H29N3O.2ClH/c1-4-18(19,5-2)13-20-17(22)14(3)21-11-10-15-8-6-7-9-16(15)12-21;;/h6-9,14H,4-5,10-13,19H2,1-3H3,(H,20,22);2*1H. The number of fused-ring (bicyclic) bond motifs is 1. The molecule has 0 saturated carbocycles. The van der Waals surface area contributed by atoms with Gasteiger partial charge in [-0.05, 0) is 37.3 Å². The molecule has 0 fully saturated rings. The van der Waals surface area contributed by atoms with Crippen LogP contribution in [0.25, 0.3) is 0 Å². The maximum Gasteiger partial charge on any atom is 0.237 e. The molecule has 138 valence electrons. The number of nitrogens with one attached hydrogen (secondary N) is 1. The highest BCUT2D eigenvalue weighted by Crippen LogP contribution is 2.20. The van der Waals surface area contributed by atoms with Crippen molar-refractivity contribution in [3.63, 3.8) is 0 Å². The van der Waals surface area contributed by atoms with Crippen LogP contribution in [0, 0.1) is 0 Å². The second kappa shape index (κ2) is 10.2. The highest BCUT2D eigenvalue weighted by Gasteiger charge is 2.27. The number of amides is 1. The van der Waals surface area contributed by atoms with E-state index >= 15 is 0 Å². The minimum Gasteiger partial charge on any atom is -0.353 e. The lowest BCUT2D eigenvalue weighted by atomic mass is 9.94. The first-order valence-corrected chi connectivity index (χ1v) is 8.36. The number of carbonyl (C=O) groups is 1. The molecule has 0 spiro atoms. The number of rotatable bonds is 6. The Morgan fingerprint density at radius 2 is 1.83 bits per heavy atom. The summed E-state index contributed by atoms with van der Waals surface area (Å²) in [5, 5.41) is 3.04. The molecule has 0 aliphatic carbocycles.